The smallest absolute Gasteiger partial charge is 0.354 e. The number of hydrogen-bond donors (Lipinski definition) is 1. The summed E-state index contributed by atoms with van der Waals surface area (Å²) in [4.78, 5) is 19.3. The molecule has 0 bridgehead atoms. The van der Waals surface area contributed by atoms with E-state index in [4.69, 9.17) is 5.11 Å². The first-order chi connectivity index (χ1) is 10.2. The van der Waals surface area contributed by atoms with Gasteiger partial charge in [0.2, 0.25) is 0 Å². The molecule has 0 spiro atoms. The van der Waals surface area contributed by atoms with Crippen molar-refractivity contribution in [3.8, 4) is 11.4 Å². The van der Waals surface area contributed by atoms with Crippen molar-refractivity contribution in [2.24, 2.45) is 7.05 Å². The van der Waals surface area contributed by atoms with Crippen LogP contribution in [0, 0.1) is 6.07 Å². The molecule has 0 amide bonds. The van der Waals surface area contributed by atoms with Gasteiger partial charge in [0.1, 0.15) is 5.69 Å². The minimum absolute atomic E-state index is 0. The van der Waals surface area contributed by atoms with Gasteiger partial charge in [0.25, 0.3) is 0 Å². The van der Waals surface area contributed by atoms with Crippen molar-refractivity contribution in [3.63, 3.8) is 0 Å². The topological polar surface area (TPSA) is 93.8 Å². The Kier molecular flexibility index (Phi) is 7.01. The van der Waals surface area contributed by atoms with Gasteiger partial charge in [0.15, 0.2) is 0 Å². The third kappa shape index (κ3) is 5.16. The third-order valence-electron chi connectivity index (χ3n) is 2.33. The Morgan fingerprint density at radius 3 is 2.45 bits per heavy atom. The van der Waals surface area contributed by atoms with Crippen molar-refractivity contribution in [3.05, 3.63) is 60.7 Å². The number of nitrogens with zero attached hydrogens (tertiary/aromatic N) is 5. The molecule has 0 saturated heterocycles. The second kappa shape index (κ2) is 8.76. The molecule has 8 heteroatoms. The summed E-state index contributed by atoms with van der Waals surface area (Å²) in [7, 11) is 1.77. The predicted octanol–water partition coefficient (Wildman–Crippen LogP) is 1.45. The van der Waals surface area contributed by atoms with Crippen molar-refractivity contribution in [1.82, 2.24) is 25.0 Å². The van der Waals surface area contributed by atoms with Crippen LogP contribution in [0.3, 0.4) is 0 Å². The second-order valence-corrected chi connectivity index (χ2v) is 3.87. The Hall–Kier alpha value is -2.44. The number of aromatic carboxylic acids is 1. The van der Waals surface area contributed by atoms with E-state index in [0.29, 0.717) is 0 Å². The molecule has 0 fully saturated rings. The number of aromatic nitrogens is 5. The molecule has 0 aliphatic rings. The van der Waals surface area contributed by atoms with E-state index in [1.54, 1.807) is 37.6 Å². The molecule has 7 nitrogen and oxygen atoms in total. The van der Waals surface area contributed by atoms with Crippen LogP contribution in [0.2, 0.25) is 0 Å². The molecule has 3 aromatic rings. The molecular weight excluding hydrogens is 462 g/mol. The Bertz CT molecular complexity index is 704. The van der Waals surface area contributed by atoms with Crippen LogP contribution in [-0.2, 0) is 27.2 Å². The second-order valence-electron chi connectivity index (χ2n) is 3.87. The number of hydrogen-bond acceptors (Lipinski definition) is 5. The molecule has 3 aromatic heterocycles. The van der Waals surface area contributed by atoms with Crippen LogP contribution in [0.4, 0.5) is 0 Å². The monoisotopic (exact) mass is 475 g/mol. The molecule has 0 atom stereocenters. The zero-order chi connectivity index (χ0) is 15.1. The first kappa shape index (κ1) is 17.6. The first-order valence-corrected chi connectivity index (χ1v) is 6.00. The molecule has 1 N–H and O–H groups in total. The molecule has 0 aromatic carbocycles. The number of carboxylic acids is 1. The van der Waals surface area contributed by atoms with Crippen LogP contribution < -0.4 is 0 Å². The number of carbonyl (C=O) groups is 1. The van der Waals surface area contributed by atoms with Crippen LogP contribution in [0.15, 0.2) is 48.9 Å². The summed E-state index contributed by atoms with van der Waals surface area (Å²) in [6, 6.07) is 11.3. The zero-order valence-electron chi connectivity index (χ0n) is 11.5. The maximum absolute atomic E-state index is 10.1. The molecule has 3 heterocycles. The Morgan fingerprint density at radius 1 is 1.23 bits per heavy atom. The fourth-order valence-corrected chi connectivity index (χ4v) is 1.41. The van der Waals surface area contributed by atoms with Gasteiger partial charge < -0.3 is 5.11 Å². The number of pyridine rings is 2. The van der Waals surface area contributed by atoms with Crippen molar-refractivity contribution in [1.29, 1.82) is 0 Å². The number of rotatable bonds is 2. The molecule has 3 rings (SSSR count). The van der Waals surface area contributed by atoms with Gasteiger partial charge in [-0.3, -0.25) is 4.98 Å². The van der Waals surface area contributed by atoms with E-state index in [1.807, 2.05) is 6.07 Å². The largest absolute Gasteiger partial charge is 0.477 e. The molecular formula is C14H12IrN5O2-. The molecule has 1 radical (unpaired) electrons. The van der Waals surface area contributed by atoms with Gasteiger partial charge in [-0.2, -0.15) is 17.2 Å². The van der Waals surface area contributed by atoms with Crippen LogP contribution >= 0.6 is 0 Å². The van der Waals surface area contributed by atoms with Crippen LogP contribution in [0.5, 0.6) is 0 Å². The van der Waals surface area contributed by atoms with Gasteiger partial charge in [-0.05, 0) is 24.0 Å². The quantitative estimate of drug-likeness (QED) is 0.566. The van der Waals surface area contributed by atoms with Gasteiger partial charge >= 0.3 is 5.97 Å². The summed E-state index contributed by atoms with van der Waals surface area (Å²) in [5, 5.41) is 16.4. The van der Waals surface area contributed by atoms with Crippen molar-refractivity contribution in [2.45, 2.75) is 0 Å². The minimum Gasteiger partial charge on any atom is -0.477 e. The minimum atomic E-state index is -0.990. The van der Waals surface area contributed by atoms with E-state index in [1.165, 1.54) is 17.1 Å². The van der Waals surface area contributed by atoms with Crippen LogP contribution in [0.1, 0.15) is 10.5 Å². The summed E-state index contributed by atoms with van der Waals surface area (Å²) in [5.74, 6) is -0.990. The van der Waals surface area contributed by atoms with E-state index < -0.39 is 5.97 Å². The van der Waals surface area contributed by atoms with E-state index >= 15 is 0 Å². The maximum atomic E-state index is 10.1. The molecule has 0 unspecified atom stereocenters. The summed E-state index contributed by atoms with van der Waals surface area (Å²) in [6.45, 7) is 0. The first-order valence-electron chi connectivity index (χ1n) is 6.00. The van der Waals surface area contributed by atoms with E-state index in [0.717, 1.165) is 11.4 Å². The van der Waals surface area contributed by atoms with Crippen molar-refractivity contribution < 1.29 is 30.0 Å². The van der Waals surface area contributed by atoms with Gasteiger partial charge in [0.05, 0.1) is 0 Å². The zero-order valence-corrected chi connectivity index (χ0v) is 13.9. The van der Waals surface area contributed by atoms with Gasteiger partial charge in [-0.25, -0.2) is 19.7 Å². The van der Waals surface area contributed by atoms with E-state index in [-0.39, 0.29) is 25.8 Å². The molecule has 0 aliphatic heterocycles. The normalized spacial score (nSPS) is 9.14. The van der Waals surface area contributed by atoms with Crippen molar-refractivity contribution in [2.75, 3.05) is 0 Å². The average molecular weight is 474 g/mol. The van der Waals surface area contributed by atoms with E-state index in [9.17, 15) is 4.79 Å². The number of carboxylic acid groups (broad SMARTS) is 1. The van der Waals surface area contributed by atoms with Crippen LogP contribution in [-0.4, -0.2) is 36.0 Å². The maximum Gasteiger partial charge on any atom is 0.354 e. The average Bonchev–Trinajstić information content (AvgIpc) is 2.96. The molecule has 22 heavy (non-hydrogen) atoms. The SMILES string of the molecule is Cn1ncc(-c2[c-]cccn2)n1.O=C(O)c1ccccn1.[Ir]. The molecule has 0 aliphatic carbocycles. The Labute approximate surface area is 140 Å². The summed E-state index contributed by atoms with van der Waals surface area (Å²) < 4.78 is 0. The van der Waals surface area contributed by atoms with Crippen LogP contribution in [0.25, 0.3) is 11.4 Å². The van der Waals surface area contributed by atoms with Gasteiger partial charge in [0, 0.05) is 45.2 Å². The fourth-order valence-electron chi connectivity index (χ4n) is 1.41. The Balaban J connectivity index is 0.000000219. The molecule has 0 saturated carbocycles. The summed E-state index contributed by atoms with van der Waals surface area (Å²) in [5.41, 5.74) is 1.56. The molecule has 115 valence electrons. The number of aryl methyl sites for hydroxylation is 1. The van der Waals surface area contributed by atoms with E-state index in [2.05, 4.69) is 26.2 Å². The Morgan fingerprint density at radius 2 is 2.00 bits per heavy atom. The summed E-state index contributed by atoms with van der Waals surface area (Å²) in [6.07, 6.45) is 4.82. The predicted molar refractivity (Wildman–Crippen MR) is 74.3 cm³/mol. The third-order valence-corrected chi connectivity index (χ3v) is 2.33. The fraction of sp³-hybridized carbons (Fsp3) is 0.0714. The van der Waals surface area contributed by atoms with Gasteiger partial charge in [-0.15, -0.1) is 6.07 Å². The standard InChI is InChI=1S/C8H7N4.C6H5NO2.Ir/c1-12-10-6-8(11-12)7-4-2-3-5-9-7;8-6(9)5-3-1-2-4-7-5;/h2-3,5-6H,1H3;1-4H,(H,8,9);/q-1;;. The van der Waals surface area contributed by atoms with Gasteiger partial charge in [-0.1, -0.05) is 6.07 Å². The van der Waals surface area contributed by atoms with Crippen molar-refractivity contribution >= 4 is 5.97 Å². The summed E-state index contributed by atoms with van der Waals surface area (Å²) >= 11 is 0.